The third kappa shape index (κ3) is 3.21. The highest BCUT2D eigenvalue weighted by Crippen LogP contribution is 1.42. The van der Waals surface area contributed by atoms with Gasteiger partial charge in [-0.15, -0.1) is 5.26 Å². The lowest BCUT2D eigenvalue weighted by atomic mass is 11.6. The van der Waals surface area contributed by atoms with E-state index in [1.807, 2.05) is 0 Å². The van der Waals surface area contributed by atoms with Gasteiger partial charge in [-0.25, -0.2) is 0 Å². The zero-order valence-corrected chi connectivity index (χ0v) is 2.30. The van der Waals surface area contributed by atoms with Gasteiger partial charge in [-0.05, 0) is 5.64 Å². The van der Waals surface area contributed by atoms with Crippen LogP contribution in [-0.2, 0) is 4.84 Å². The first-order chi connectivity index (χ1) is 2.41. The van der Waals surface area contributed by atoms with Crippen LogP contribution in [0.2, 0.25) is 0 Å². The lowest BCUT2D eigenvalue weighted by molar-refractivity contribution is -0.0691. The Labute approximate surface area is 28.5 Å². The second-order valence-corrected chi connectivity index (χ2v) is 0.285. The van der Waals surface area contributed by atoms with Crippen molar-refractivity contribution in [3.63, 3.8) is 0 Å². The van der Waals surface area contributed by atoms with Crippen LogP contribution in [0.4, 0.5) is 0 Å². The Morgan fingerprint density at radius 1 is 2.00 bits per heavy atom. The van der Waals surface area contributed by atoms with Crippen LogP contribution in [0.1, 0.15) is 0 Å². The molecule has 0 fully saturated rings. The maximum absolute atomic E-state index is 7.37. The molecule has 0 rings (SSSR count). The topological polar surface area (TPSA) is 65.3 Å². The molecule has 5 heavy (non-hydrogen) atoms. The Kier molecular flexibility index (Phi) is 2.70. The predicted octanol–water partition coefficient (Wildman–Crippen LogP) is -0.622. The second kappa shape index (κ2) is 3.21. The monoisotopic (exact) mass is 74.0 g/mol. The fourth-order valence-electron chi connectivity index (χ4n) is 0.0204. The highest BCUT2D eigenvalue weighted by Gasteiger charge is 1.58. The van der Waals surface area contributed by atoms with Crippen LogP contribution in [0.15, 0.2) is 0 Å². The standard InChI is InChI=1S/CH2N2O2/c2-1-5-3-4/h3-4H. The molecule has 0 aliphatic carbocycles. The third-order valence-electron chi connectivity index (χ3n) is 0.0913. The van der Waals surface area contributed by atoms with Crippen LogP contribution in [0, 0.1) is 11.5 Å². The van der Waals surface area contributed by atoms with Gasteiger partial charge in [-0.1, -0.05) is 0 Å². The van der Waals surface area contributed by atoms with Crippen LogP contribution in [0.5, 0.6) is 0 Å². The first kappa shape index (κ1) is 4.21. The van der Waals surface area contributed by atoms with Crippen LogP contribution < -0.4 is 5.64 Å². The van der Waals surface area contributed by atoms with Crippen molar-refractivity contribution in [2.45, 2.75) is 0 Å². The van der Waals surface area contributed by atoms with Crippen molar-refractivity contribution in [2.75, 3.05) is 0 Å². The molecule has 0 aromatic carbocycles. The lowest BCUT2D eigenvalue weighted by Crippen LogP contribution is -2.01. The molecule has 0 aromatic heterocycles. The molecule has 0 aliphatic heterocycles. The minimum atomic E-state index is 1.16. The molecule has 2 N–H and O–H groups in total. The van der Waals surface area contributed by atoms with E-state index < -0.39 is 0 Å². The maximum Gasteiger partial charge on any atom is 0.309 e. The normalized spacial score (nSPS) is 5.60. The zero-order valence-electron chi connectivity index (χ0n) is 2.30. The molecular formula is CH2N2O2. The molecule has 0 bridgehead atoms. The fourth-order valence-corrected chi connectivity index (χ4v) is 0.0204. The molecule has 0 atom stereocenters. The van der Waals surface area contributed by atoms with Crippen LogP contribution in [-0.4, -0.2) is 5.21 Å². The van der Waals surface area contributed by atoms with Crippen molar-refractivity contribution in [3.05, 3.63) is 0 Å². The highest BCUT2D eigenvalue weighted by atomic mass is 16.8. The largest absolute Gasteiger partial charge is 0.309 e. The second-order valence-electron chi connectivity index (χ2n) is 0.285. The predicted molar refractivity (Wildman–Crippen MR) is 11.6 cm³/mol. The van der Waals surface area contributed by atoms with E-state index in [4.69, 9.17) is 10.5 Å². The van der Waals surface area contributed by atoms with Crippen molar-refractivity contribution in [1.82, 2.24) is 5.64 Å². The molecule has 0 saturated heterocycles. The Balaban J connectivity index is 2.48. The van der Waals surface area contributed by atoms with Gasteiger partial charge < -0.3 is 4.84 Å². The first-order valence-corrected chi connectivity index (χ1v) is 0.855. The molecule has 0 saturated carbocycles. The van der Waals surface area contributed by atoms with Crippen LogP contribution >= 0.6 is 0 Å². The molecule has 0 unspecified atom stereocenters. The summed E-state index contributed by atoms with van der Waals surface area (Å²) in [6, 6.07) is 0. The summed E-state index contributed by atoms with van der Waals surface area (Å²) in [7, 11) is 0. The van der Waals surface area contributed by atoms with E-state index >= 15 is 0 Å². The summed E-state index contributed by atoms with van der Waals surface area (Å²) in [5.41, 5.74) is 1.16. The number of nitrogens with one attached hydrogen (secondary N) is 1. The van der Waals surface area contributed by atoms with Gasteiger partial charge >= 0.3 is 6.26 Å². The number of nitrogens with zero attached hydrogens (tertiary/aromatic N) is 1. The van der Waals surface area contributed by atoms with Crippen LogP contribution in [0.3, 0.4) is 0 Å². The molecule has 0 spiro atoms. The van der Waals surface area contributed by atoms with Gasteiger partial charge in [-0.2, -0.15) is 0 Å². The van der Waals surface area contributed by atoms with E-state index in [1.54, 1.807) is 0 Å². The number of hydrogen-bond donors (Lipinski definition) is 2. The van der Waals surface area contributed by atoms with Gasteiger partial charge in [-0.3, -0.25) is 5.21 Å². The number of nitriles is 1. The summed E-state index contributed by atoms with van der Waals surface area (Å²) >= 11 is 0. The maximum atomic E-state index is 7.37. The van der Waals surface area contributed by atoms with E-state index in [0.29, 0.717) is 0 Å². The van der Waals surface area contributed by atoms with E-state index in [-0.39, 0.29) is 0 Å². The summed E-state index contributed by atoms with van der Waals surface area (Å²) in [6.07, 6.45) is 1.16. The summed E-state index contributed by atoms with van der Waals surface area (Å²) in [4.78, 5) is 3.44. The van der Waals surface area contributed by atoms with Crippen LogP contribution in [0.25, 0.3) is 0 Å². The number of hydrogen-bond acceptors (Lipinski definition) is 4. The lowest BCUT2D eigenvalue weighted by Gasteiger charge is -1.77. The van der Waals surface area contributed by atoms with E-state index in [1.165, 1.54) is 0 Å². The third-order valence-corrected chi connectivity index (χ3v) is 0.0913. The van der Waals surface area contributed by atoms with Gasteiger partial charge in [0.2, 0.25) is 0 Å². The van der Waals surface area contributed by atoms with Gasteiger partial charge in [0.1, 0.15) is 0 Å². The van der Waals surface area contributed by atoms with Crippen molar-refractivity contribution < 1.29 is 10.0 Å². The van der Waals surface area contributed by atoms with Gasteiger partial charge in [0.05, 0.1) is 0 Å². The van der Waals surface area contributed by atoms with E-state index in [0.717, 1.165) is 11.9 Å². The SMILES string of the molecule is N#CONO. The summed E-state index contributed by atoms with van der Waals surface area (Å²) in [5, 5.41) is 14.7. The fraction of sp³-hybridized carbons (Fsp3) is 0. The molecule has 4 heteroatoms. The molecule has 0 aliphatic rings. The Morgan fingerprint density at radius 2 is 2.60 bits per heavy atom. The van der Waals surface area contributed by atoms with Gasteiger partial charge in [0.15, 0.2) is 0 Å². The average Bonchev–Trinajstić information content (AvgIpc) is 1.41. The van der Waals surface area contributed by atoms with Crippen molar-refractivity contribution >= 4 is 0 Å². The molecule has 0 heterocycles. The minimum Gasteiger partial charge on any atom is -0.304 e. The smallest absolute Gasteiger partial charge is 0.304 e. The zero-order chi connectivity index (χ0) is 4.12. The highest BCUT2D eigenvalue weighted by molar-refractivity contribution is 4.38. The van der Waals surface area contributed by atoms with Gasteiger partial charge in [0, 0.05) is 0 Å². The van der Waals surface area contributed by atoms with Crippen molar-refractivity contribution in [1.29, 1.82) is 5.26 Å². The Morgan fingerprint density at radius 3 is 2.60 bits per heavy atom. The summed E-state index contributed by atoms with van der Waals surface area (Å²) in [6.45, 7) is 0. The van der Waals surface area contributed by atoms with Crippen molar-refractivity contribution in [3.8, 4) is 6.26 Å². The van der Waals surface area contributed by atoms with E-state index in [2.05, 4.69) is 4.84 Å². The molecular weight excluding hydrogens is 72.0 g/mol. The summed E-state index contributed by atoms with van der Waals surface area (Å²) in [5.74, 6) is 0. The average molecular weight is 74.0 g/mol. The Hall–Kier alpha value is -0.790. The minimum absolute atomic E-state index is 1.16. The molecule has 4 nitrogen and oxygen atoms in total. The van der Waals surface area contributed by atoms with Gasteiger partial charge in [0.25, 0.3) is 0 Å². The number of rotatable bonds is 1. The molecule has 0 radical (unpaired) electrons. The summed E-state index contributed by atoms with van der Waals surface area (Å²) < 4.78 is 0. The molecule has 0 amide bonds. The first-order valence-electron chi connectivity index (χ1n) is 0.855. The molecule has 0 aromatic rings. The Bertz CT molecular complexity index is 46.1. The quantitative estimate of drug-likeness (QED) is 0.321. The van der Waals surface area contributed by atoms with E-state index in [9.17, 15) is 0 Å². The van der Waals surface area contributed by atoms with Crippen molar-refractivity contribution in [2.24, 2.45) is 0 Å². The molecule has 28 valence electrons.